The van der Waals surface area contributed by atoms with E-state index >= 15 is 0 Å². The Bertz CT molecular complexity index is 415. The summed E-state index contributed by atoms with van der Waals surface area (Å²) < 4.78 is 39.7. The third kappa shape index (κ3) is 5.16. The van der Waals surface area contributed by atoms with Crippen molar-refractivity contribution >= 4 is 34.8 Å². The molecule has 0 saturated carbocycles. The number of rotatable bonds is 5. The Morgan fingerprint density at radius 1 is 1.33 bits per heavy atom. The van der Waals surface area contributed by atoms with Gasteiger partial charge < -0.3 is 15.8 Å². The number of pyridine rings is 1. The average Bonchev–Trinajstić information content (AvgIpc) is 2.23. The smallest absolute Gasteiger partial charge is 0.382 e. The van der Waals surface area contributed by atoms with Crippen molar-refractivity contribution in [3.63, 3.8) is 0 Å². The molecule has 9 heteroatoms. The fourth-order valence-electron chi connectivity index (χ4n) is 1.03. The van der Waals surface area contributed by atoms with Gasteiger partial charge in [0.1, 0.15) is 18.2 Å². The molecule has 0 bridgehead atoms. The van der Waals surface area contributed by atoms with E-state index in [9.17, 15) is 13.2 Å². The number of nitrogens with zero attached hydrogens (tertiary/aromatic N) is 1. The Morgan fingerprint density at radius 2 is 2.00 bits per heavy atom. The number of hydrogen-bond acceptors (Lipinski definition) is 4. The van der Waals surface area contributed by atoms with Crippen molar-refractivity contribution in [1.29, 1.82) is 0 Å². The van der Waals surface area contributed by atoms with Crippen molar-refractivity contribution < 1.29 is 17.9 Å². The number of hydrogen-bond donors (Lipinski definition) is 2. The zero-order valence-corrected chi connectivity index (χ0v) is 10.5. The quantitative estimate of drug-likeness (QED) is 0.821. The van der Waals surface area contributed by atoms with Crippen LogP contribution in [0.15, 0.2) is 6.07 Å². The molecule has 0 spiro atoms. The molecular formula is C9H10Cl2F3N3O. The first-order chi connectivity index (χ1) is 8.29. The van der Waals surface area contributed by atoms with E-state index in [0.29, 0.717) is 0 Å². The lowest BCUT2D eigenvalue weighted by atomic mass is 10.4. The average molecular weight is 304 g/mol. The third-order valence-corrected chi connectivity index (χ3v) is 2.35. The van der Waals surface area contributed by atoms with Crippen LogP contribution in [0.3, 0.4) is 0 Å². The van der Waals surface area contributed by atoms with Gasteiger partial charge in [0.25, 0.3) is 0 Å². The second-order valence-electron chi connectivity index (χ2n) is 3.28. The number of aromatic nitrogens is 1. The van der Waals surface area contributed by atoms with Crippen LogP contribution in [-0.4, -0.2) is 30.9 Å². The summed E-state index contributed by atoms with van der Waals surface area (Å²) >= 11 is 11.5. The molecule has 1 aromatic heterocycles. The van der Waals surface area contributed by atoms with Crippen LogP contribution in [0, 0.1) is 0 Å². The largest absolute Gasteiger partial charge is 0.411 e. The Kier molecular flexibility index (Phi) is 5.30. The molecule has 0 atom stereocenters. The van der Waals surface area contributed by atoms with E-state index in [0.717, 1.165) is 0 Å². The molecule has 102 valence electrons. The van der Waals surface area contributed by atoms with Gasteiger partial charge in [0.05, 0.1) is 16.7 Å². The van der Waals surface area contributed by atoms with E-state index in [2.05, 4.69) is 15.0 Å². The highest BCUT2D eigenvalue weighted by molar-refractivity contribution is 6.37. The summed E-state index contributed by atoms with van der Waals surface area (Å²) in [6.07, 6.45) is -4.33. The Hall–Kier alpha value is -0.920. The molecule has 0 fully saturated rings. The van der Waals surface area contributed by atoms with Crippen LogP contribution in [0.1, 0.15) is 0 Å². The first-order valence-electron chi connectivity index (χ1n) is 4.79. The van der Waals surface area contributed by atoms with Crippen LogP contribution in [0.4, 0.5) is 24.8 Å². The van der Waals surface area contributed by atoms with Gasteiger partial charge in [0, 0.05) is 6.54 Å². The lowest BCUT2D eigenvalue weighted by Crippen LogP contribution is -2.20. The first-order valence-corrected chi connectivity index (χ1v) is 5.55. The SMILES string of the molecule is Nc1nc(NCCOCC(F)(F)F)c(Cl)cc1Cl. The molecule has 0 aromatic carbocycles. The molecule has 18 heavy (non-hydrogen) atoms. The van der Waals surface area contributed by atoms with Crippen molar-refractivity contribution in [3.8, 4) is 0 Å². The van der Waals surface area contributed by atoms with E-state index in [1.54, 1.807) is 0 Å². The number of anilines is 2. The van der Waals surface area contributed by atoms with E-state index < -0.39 is 12.8 Å². The van der Waals surface area contributed by atoms with Gasteiger partial charge in [-0.2, -0.15) is 13.2 Å². The molecule has 0 aliphatic rings. The standard InChI is InChI=1S/C9H10Cl2F3N3O/c10-5-3-6(11)8(17-7(5)15)16-1-2-18-4-9(12,13)14/h3H,1-2,4H2,(H3,15,16,17). The van der Waals surface area contributed by atoms with Gasteiger partial charge in [-0.1, -0.05) is 23.2 Å². The molecule has 3 N–H and O–H groups in total. The predicted octanol–water partition coefficient (Wildman–Crippen LogP) is 2.96. The molecule has 0 aliphatic heterocycles. The van der Waals surface area contributed by atoms with E-state index in [1.165, 1.54) is 6.07 Å². The van der Waals surface area contributed by atoms with Crippen molar-refractivity contribution in [2.45, 2.75) is 6.18 Å². The van der Waals surface area contributed by atoms with Crippen LogP contribution in [0.2, 0.25) is 10.0 Å². The van der Waals surface area contributed by atoms with Gasteiger partial charge in [-0.25, -0.2) is 4.98 Å². The zero-order chi connectivity index (χ0) is 13.8. The number of nitrogen functional groups attached to an aromatic ring is 1. The molecule has 0 radical (unpaired) electrons. The van der Waals surface area contributed by atoms with Gasteiger partial charge >= 0.3 is 6.18 Å². The molecule has 0 saturated heterocycles. The van der Waals surface area contributed by atoms with Gasteiger partial charge in [-0.15, -0.1) is 0 Å². The molecule has 1 heterocycles. The minimum absolute atomic E-state index is 0.0831. The maximum absolute atomic E-state index is 11.8. The number of alkyl halides is 3. The van der Waals surface area contributed by atoms with Crippen molar-refractivity contribution in [2.75, 3.05) is 30.8 Å². The molecule has 1 aromatic rings. The lowest BCUT2D eigenvalue weighted by molar-refractivity contribution is -0.172. The van der Waals surface area contributed by atoms with Crippen LogP contribution in [0.25, 0.3) is 0 Å². The van der Waals surface area contributed by atoms with Crippen LogP contribution < -0.4 is 11.1 Å². The summed E-state index contributed by atoms with van der Waals surface area (Å²) in [6, 6.07) is 1.39. The van der Waals surface area contributed by atoms with Crippen molar-refractivity contribution in [3.05, 3.63) is 16.1 Å². The third-order valence-electron chi connectivity index (χ3n) is 1.76. The summed E-state index contributed by atoms with van der Waals surface area (Å²) in [6.45, 7) is -1.32. The van der Waals surface area contributed by atoms with Gasteiger partial charge in [-0.05, 0) is 6.07 Å². The van der Waals surface area contributed by atoms with Gasteiger partial charge in [-0.3, -0.25) is 0 Å². The van der Waals surface area contributed by atoms with E-state index in [-0.39, 0.29) is 34.8 Å². The normalized spacial score (nSPS) is 11.6. The number of nitrogens with two attached hydrogens (primary N) is 1. The molecule has 4 nitrogen and oxygen atoms in total. The lowest BCUT2D eigenvalue weighted by Gasteiger charge is -2.10. The minimum Gasteiger partial charge on any atom is -0.382 e. The van der Waals surface area contributed by atoms with Gasteiger partial charge in [0.2, 0.25) is 0 Å². The first kappa shape index (κ1) is 15.1. The second-order valence-corrected chi connectivity index (χ2v) is 4.09. The Morgan fingerprint density at radius 3 is 2.61 bits per heavy atom. The van der Waals surface area contributed by atoms with Crippen LogP contribution in [0.5, 0.6) is 0 Å². The Balaban J connectivity index is 2.38. The van der Waals surface area contributed by atoms with E-state index in [4.69, 9.17) is 28.9 Å². The highest BCUT2D eigenvalue weighted by atomic mass is 35.5. The zero-order valence-electron chi connectivity index (χ0n) is 9.02. The molecular weight excluding hydrogens is 294 g/mol. The monoisotopic (exact) mass is 303 g/mol. The maximum atomic E-state index is 11.8. The van der Waals surface area contributed by atoms with Crippen LogP contribution in [-0.2, 0) is 4.74 Å². The van der Waals surface area contributed by atoms with Gasteiger partial charge in [0.15, 0.2) is 0 Å². The summed E-state index contributed by atoms with van der Waals surface area (Å²) in [7, 11) is 0. The fraction of sp³-hybridized carbons (Fsp3) is 0.444. The minimum atomic E-state index is -4.33. The van der Waals surface area contributed by atoms with E-state index in [1.807, 2.05) is 0 Å². The number of nitrogens with one attached hydrogen (secondary N) is 1. The number of halogens is 5. The fourth-order valence-corrected chi connectivity index (χ4v) is 1.46. The summed E-state index contributed by atoms with van der Waals surface area (Å²) in [5, 5.41) is 3.13. The predicted molar refractivity (Wildman–Crippen MR) is 64.0 cm³/mol. The molecule has 1 rings (SSSR count). The second kappa shape index (κ2) is 6.31. The van der Waals surface area contributed by atoms with Crippen molar-refractivity contribution in [2.24, 2.45) is 0 Å². The topological polar surface area (TPSA) is 60.2 Å². The summed E-state index contributed by atoms with van der Waals surface area (Å²) in [5.41, 5.74) is 5.46. The Labute approximate surface area is 111 Å². The molecule has 0 unspecified atom stereocenters. The van der Waals surface area contributed by atoms with Crippen LogP contribution >= 0.6 is 23.2 Å². The highest BCUT2D eigenvalue weighted by Crippen LogP contribution is 2.27. The maximum Gasteiger partial charge on any atom is 0.411 e. The van der Waals surface area contributed by atoms with Crippen molar-refractivity contribution in [1.82, 2.24) is 4.98 Å². The molecule has 0 amide bonds. The number of ether oxygens (including phenoxy) is 1. The molecule has 0 aliphatic carbocycles. The summed E-state index contributed by atoms with van der Waals surface area (Å²) in [4.78, 5) is 3.84. The highest BCUT2D eigenvalue weighted by Gasteiger charge is 2.27. The summed E-state index contributed by atoms with van der Waals surface area (Å²) in [5.74, 6) is 0.328.